The Hall–Kier alpha value is -2.14. The number of aromatic nitrogens is 2. The molecule has 0 amide bonds. The Bertz CT molecular complexity index is 778. The topological polar surface area (TPSA) is 43.6 Å². The smallest absolute Gasteiger partial charge is 0.169 e. The minimum Gasteiger partial charge on any atom is -0.495 e. The lowest BCUT2D eigenvalue weighted by molar-refractivity contribution is 0.111. The number of halogens is 1. The zero-order valence-corrected chi connectivity index (χ0v) is 12.3. The molecule has 0 aliphatic carbocycles. The predicted molar refractivity (Wildman–Crippen MR) is 80.3 cm³/mol. The summed E-state index contributed by atoms with van der Waals surface area (Å²) in [5.41, 5.74) is 2.80. The number of hydrogen-bond donors (Lipinski definition) is 0. The van der Waals surface area contributed by atoms with Crippen LogP contribution in [0.5, 0.6) is 5.75 Å². The van der Waals surface area contributed by atoms with Crippen LogP contribution in [0.4, 0.5) is 0 Å². The van der Waals surface area contributed by atoms with Crippen LogP contribution in [-0.2, 0) is 0 Å². The quantitative estimate of drug-likeness (QED) is 0.689. The minimum atomic E-state index is 0.515. The number of pyridine rings is 1. The highest BCUT2D eigenvalue weighted by atomic mass is 79.9. The van der Waals surface area contributed by atoms with Crippen LogP contribution < -0.4 is 4.74 Å². The van der Waals surface area contributed by atoms with Gasteiger partial charge in [-0.1, -0.05) is 28.1 Å². The summed E-state index contributed by atoms with van der Waals surface area (Å²) >= 11 is 3.40. The SMILES string of the molecule is COc1ccc2nc(-c3ccc(Br)cc3)c(C=O)n2c1. The molecule has 0 fully saturated rings. The molecular formula is C15H11BrN2O2. The molecule has 0 bridgehead atoms. The van der Waals surface area contributed by atoms with Crippen molar-refractivity contribution in [3.63, 3.8) is 0 Å². The van der Waals surface area contributed by atoms with Crippen molar-refractivity contribution < 1.29 is 9.53 Å². The maximum absolute atomic E-state index is 11.4. The Labute approximate surface area is 124 Å². The van der Waals surface area contributed by atoms with E-state index in [0.29, 0.717) is 22.8 Å². The highest BCUT2D eigenvalue weighted by Crippen LogP contribution is 2.26. The van der Waals surface area contributed by atoms with Crippen molar-refractivity contribution in [3.8, 4) is 17.0 Å². The van der Waals surface area contributed by atoms with Gasteiger partial charge >= 0.3 is 0 Å². The average Bonchev–Trinajstić information content (AvgIpc) is 2.85. The first kappa shape index (κ1) is 12.9. The summed E-state index contributed by atoms with van der Waals surface area (Å²) in [5, 5.41) is 0. The highest BCUT2D eigenvalue weighted by Gasteiger charge is 2.13. The van der Waals surface area contributed by atoms with Crippen molar-refractivity contribution in [2.45, 2.75) is 0 Å². The number of benzene rings is 1. The van der Waals surface area contributed by atoms with Gasteiger partial charge in [0, 0.05) is 10.0 Å². The molecule has 0 aliphatic heterocycles. The van der Waals surface area contributed by atoms with Gasteiger partial charge in [-0.05, 0) is 24.3 Å². The summed E-state index contributed by atoms with van der Waals surface area (Å²) in [6, 6.07) is 11.4. The van der Waals surface area contributed by atoms with E-state index in [1.54, 1.807) is 17.7 Å². The van der Waals surface area contributed by atoms with E-state index in [9.17, 15) is 4.79 Å². The summed E-state index contributed by atoms with van der Waals surface area (Å²) in [4.78, 5) is 16.0. The van der Waals surface area contributed by atoms with Gasteiger partial charge in [0.25, 0.3) is 0 Å². The van der Waals surface area contributed by atoms with Crippen molar-refractivity contribution >= 4 is 27.9 Å². The maximum Gasteiger partial charge on any atom is 0.169 e. The second kappa shape index (κ2) is 5.09. The monoisotopic (exact) mass is 330 g/mol. The second-order valence-corrected chi connectivity index (χ2v) is 5.18. The molecule has 4 nitrogen and oxygen atoms in total. The Morgan fingerprint density at radius 2 is 1.95 bits per heavy atom. The van der Waals surface area contributed by atoms with Gasteiger partial charge in [-0.2, -0.15) is 0 Å². The first-order valence-electron chi connectivity index (χ1n) is 6.00. The molecule has 2 aromatic heterocycles. The van der Waals surface area contributed by atoms with E-state index in [2.05, 4.69) is 20.9 Å². The molecule has 0 spiro atoms. The van der Waals surface area contributed by atoms with Gasteiger partial charge in [0.05, 0.1) is 13.3 Å². The normalized spacial score (nSPS) is 10.7. The summed E-state index contributed by atoms with van der Waals surface area (Å²) < 4.78 is 7.91. The molecule has 0 unspecified atom stereocenters. The van der Waals surface area contributed by atoms with Crippen LogP contribution in [0.1, 0.15) is 10.5 Å². The molecule has 20 heavy (non-hydrogen) atoms. The molecule has 0 atom stereocenters. The Kier molecular flexibility index (Phi) is 3.28. The van der Waals surface area contributed by atoms with Gasteiger partial charge in [0.2, 0.25) is 0 Å². The van der Waals surface area contributed by atoms with Gasteiger partial charge in [0.1, 0.15) is 22.8 Å². The number of imidazole rings is 1. The van der Waals surface area contributed by atoms with Crippen LogP contribution in [-0.4, -0.2) is 22.8 Å². The Morgan fingerprint density at radius 3 is 2.60 bits per heavy atom. The van der Waals surface area contributed by atoms with E-state index in [4.69, 9.17) is 4.74 Å². The number of carbonyl (C=O) groups excluding carboxylic acids is 1. The molecule has 0 aliphatic rings. The van der Waals surface area contributed by atoms with Gasteiger partial charge in [-0.3, -0.25) is 9.20 Å². The molecule has 1 aromatic carbocycles. The van der Waals surface area contributed by atoms with E-state index < -0.39 is 0 Å². The standard InChI is InChI=1S/C15H11BrN2O2/c1-20-12-6-7-14-17-15(13(9-19)18(14)8-12)10-2-4-11(16)5-3-10/h2-9H,1H3. The number of carbonyl (C=O) groups is 1. The van der Waals surface area contributed by atoms with Gasteiger partial charge < -0.3 is 4.74 Å². The van der Waals surface area contributed by atoms with E-state index in [0.717, 1.165) is 16.3 Å². The lowest BCUT2D eigenvalue weighted by Crippen LogP contribution is -1.94. The summed E-state index contributed by atoms with van der Waals surface area (Å²) in [6.07, 6.45) is 2.57. The maximum atomic E-state index is 11.4. The average molecular weight is 331 g/mol. The van der Waals surface area contributed by atoms with Crippen molar-refractivity contribution in [3.05, 3.63) is 52.8 Å². The zero-order chi connectivity index (χ0) is 14.1. The largest absolute Gasteiger partial charge is 0.495 e. The van der Waals surface area contributed by atoms with Crippen LogP contribution in [0.3, 0.4) is 0 Å². The third-order valence-electron chi connectivity index (χ3n) is 3.09. The second-order valence-electron chi connectivity index (χ2n) is 4.27. The molecule has 5 heteroatoms. The van der Waals surface area contributed by atoms with Crippen LogP contribution in [0, 0.1) is 0 Å². The van der Waals surface area contributed by atoms with E-state index >= 15 is 0 Å². The third kappa shape index (κ3) is 2.10. The van der Waals surface area contributed by atoms with E-state index in [1.807, 2.05) is 36.4 Å². The number of nitrogens with zero attached hydrogens (tertiary/aromatic N) is 2. The fourth-order valence-electron chi connectivity index (χ4n) is 2.10. The van der Waals surface area contributed by atoms with Gasteiger partial charge in [-0.15, -0.1) is 0 Å². The Morgan fingerprint density at radius 1 is 1.20 bits per heavy atom. The first-order chi connectivity index (χ1) is 9.72. The van der Waals surface area contributed by atoms with Crippen molar-refractivity contribution in [1.82, 2.24) is 9.38 Å². The number of rotatable bonds is 3. The fourth-order valence-corrected chi connectivity index (χ4v) is 2.36. The fraction of sp³-hybridized carbons (Fsp3) is 0.0667. The highest BCUT2D eigenvalue weighted by molar-refractivity contribution is 9.10. The van der Waals surface area contributed by atoms with Gasteiger partial charge in [-0.25, -0.2) is 4.98 Å². The number of ether oxygens (including phenoxy) is 1. The van der Waals surface area contributed by atoms with Crippen LogP contribution in [0.15, 0.2) is 47.1 Å². The lowest BCUT2D eigenvalue weighted by atomic mass is 10.1. The number of aldehydes is 1. The molecule has 3 aromatic rings. The van der Waals surface area contributed by atoms with Crippen LogP contribution in [0.2, 0.25) is 0 Å². The van der Waals surface area contributed by atoms with Gasteiger partial charge in [0.15, 0.2) is 6.29 Å². The van der Waals surface area contributed by atoms with Crippen LogP contribution >= 0.6 is 15.9 Å². The predicted octanol–water partition coefficient (Wildman–Crippen LogP) is 3.58. The molecule has 0 saturated heterocycles. The number of hydrogen-bond acceptors (Lipinski definition) is 3. The van der Waals surface area contributed by atoms with Crippen molar-refractivity contribution in [2.75, 3.05) is 7.11 Å². The van der Waals surface area contributed by atoms with Crippen molar-refractivity contribution in [1.29, 1.82) is 0 Å². The molecule has 100 valence electrons. The molecule has 0 radical (unpaired) electrons. The minimum absolute atomic E-state index is 0.515. The first-order valence-corrected chi connectivity index (χ1v) is 6.79. The summed E-state index contributed by atoms with van der Waals surface area (Å²) in [5.74, 6) is 0.681. The van der Waals surface area contributed by atoms with Crippen LogP contribution in [0.25, 0.3) is 16.9 Å². The van der Waals surface area contributed by atoms with E-state index in [1.165, 1.54) is 0 Å². The Balaban J connectivity index is 2.25. The summed E-state index contributed by atoms with van der Waals surface area (Å²) in [7, 11) is 1.59. The molecule has 0 saturated carbocycles. The number of methoxy groups -OCH3 is 1. The molecule has 3 rings (SSSR count). The lowest BCUT2D eigenvalue weighted by Gasteiger charge is -2.01. The summed E-state index contributed by atoms with van der Waals surface area (Å²) in [6.45, 7) is 0. The molecule has 2 heterocycles. The van der Waals surface area contributed by atoms with Crippen molar-refractivity contribution in [2.24, 2.45) is 0 Å². The third-order valence-corrected chi connectivity index (χ3v) is 3.62. The van der Waals surface area contributed by atoms with E-state index in [-0.39, 0.29) is 0 Å². The molecule has 0 N–H and O–H groups in total. The number of fused-ring (bicyclic) bond motifs is 1. The zero-order valence-electron chi connectivity index (χ0n) is 10.7. The molecular weight excluding hydrogens is 320 g/mol.